The standard InChI is InChI=1S/C16H28N4O2S.HI/c1-4-7-17-15(18-11-14(21)20(2)3)19-13-5-8-22-16(10-13)6-9-23-12-16;/h4,13H,1,5-12H2,2-3H3,(H2,17,18,19);1H. The molecular weight excluding hydrogens is 439 g/mol. The van der Waals surface area contributed by atoms with E-state index in [1.807, 2.05) is 11.8 Å². The van der Waals surface area contributed by atoms with Crippen LogP contribution in [-0.2, 0) is 9.53 Å². The molecule has 2 N–H and O–H groups in total. The van der Waals surface area contributed by atoms with Crippen LogP contribution in [0.2, 0.25) is 0 Å². The molecule has 0 radical (unpaired) electrons. The number of carbonyl (C=O) groups is 1. The highest BCUT2D eigenvalue weighted by atomic mass is 127. The Morgan fingerprint density at radius 3 is 2.96 bits per heavy atom. The van der Waals surface area contributed by atoms with Crippen LogP contribution in [0.1, 0.15) is 19.3 Å². The van der Waals surface area contributed by atoms with Crippen LogP contribution in [0.15, 0.2) is 17.6 Å². The minimum atomic E-state index is -0.0136. The Bertz CT molecular complexity index is 453. The Morgan fingerprint density at radius 1 is 1.54 bits per heavy atom. The molecule has 2 unspecified atom stereocenters. The smallest absolute Gasteiger partial charge is 0.243 e. The van der Waals surface area contributed by atoms with E-state index in [1.165, 1.54) is 5.75 Å². The lowest BCUT2D eigenvalue weighted by Crippen LogP contribution is -2.51. The Kier molecular flexibility index (Phi) is 9.43. The predicted molar refractivity (Wildman–Crippen MR) is 111 cm³/mol. The largest absolute Gasteiger partial charge is 0.374 e. The zero-order valence-electron chi connectivity index (χ0n) is 14.5. The van der Waals surface area contributed by atoms with Crippen molar-refractivity contribution in [2.75, 3.05) is 45.3 Å². The second-order valence-electron chi connectivity index (χ2n) is 6.29. The quantitative estimate of drug-likeness (QED) is 0.277. The van der Waals surface area contributed by atoms with E-state index >= 15 is 0 Å². The molecule has 0 aromatic rings. The van der Waals surface area contributed by atoms with Crippen molar-refractivity contribution in [1.29, 1.82) is 0 Å². The van der Waals surface area contributed by atoms with Crippen LogP contribution in [0.3, 0.4) is 0 Å². The number of nitrogens with one attached hydrogen (secondary N) is 2. The maximum absolute atomic E-state index is 11.7. The number of aliphatic imine (C=N–C) groups is 1. The number of rotatable bonds is 5. The molecule has 0 aromatic carbocycles. The lowest BCUT2D eigenvalue weighted by Gasteiger charge is -2.38. The third kappa shape index (κ3) is 6.44. The first-order chi connectivity index (χ1) is 11.0. The molecule has 0 aromatic heterocycles. The zero-order chi connectivity index (χ0) is 16.7. The summed E-state index contributed by atoms with van der Waals surface area (Å²) in [5.41, 5.74) is 0.0313. The number of ether oxygens (including phenoxy) is 1. The van der Waals surface area contributed by atoms with Gasteiger partial charge in [0, 0.05) is 39.0 Å². The van der Waals surface area contributed by atoms with E-state index in [0.29, 0.717) is 18.5 Å². The van der Waals surface area contributed by atoms with E-state index in [2.05, 4.69) is 22.2 Å². The summed E-state index contributed by atoms with van der Waals surface area (Å²) in [6.07, 6.45) is 4.87. The monoisotopic (exact) mass is 468 g/mol. The van der Waals surface area contributed by atoms with Gasteiger partial charge in [-0.1, -0.05) is 6.08 Å². The van der Waals surface area contributed by atoms with Crippen LogP contribution in [0.25, 0.3) is 0 Å². The van der Waals surface area contributed by atoms with Gasteiger partial charge in [-0.2, -0.15) is 11.8 Å². The lowest BCUT2D eigenvalue weighted by molar-refractivity contribution is -0.127. The first kappa shape index (κ1) is 21.6. The number of thioether (sulfide) groups is 1. The van der Waals surface area contributed by atoms with Crippen LogP contribution in [0.4, 0.5) is 0 Å². The molecule has 138 valence electrons. The molecule has 24 heavy (non-hydrogen) atoms. The number of likely N-dealkylation sites (N-methyl/N-ethyl adjacent to an activating group) is 1. The zero-order valence-corrected chi connectivity index (χ0v) is 17.7. The molecule has 2 fully saturated rings. The third-order valence-electron chi connectivity index (χ3n) is 4.19. The molecule has 2 aliphatic rings. The summed E-state index contributed by atoms with van der Waals surface area (Å²) >= 11 is 1.97. The summed E-state index contributed by atoms with van der Waals surface area (Å²) in [5.74, 6) is 2.92. The van der Waals surface area contributed by atoms with Gasteiger partial charge in [-0.05, 0) is 25.0 Å². The van der Waals surface area contributed by atoms with Gasteiger partial charge in [0.15, 0.2) is 5.96 Å². The molecule has 2 heterocycles. The molecule has 2 saturated heterocycles. The highest BCUT2D eigenvalue weighted by Gasteiger charge is 2.40. The number of carbonyl (C=O) groups excluding carboxylic acids is 1. The van der Waals surface area contributed by atoms with Crippen molar-refractivity contribution >= 4 is 47.6 Å². The lowest BCUT2D eigenvalue weighted by atomic mass is 9.90. The predicted octanol–water partition coefficient (Wildman–Crippen LogP) is 1.47. The molecule has 6 nitrogen and oxygen atoms in total. The van der Waals surface area contributed by atoms with E-state index in [1.54, 1.807) is 25.1 Å². The Morgan fingerprint density at radius 2 is 2.33 bits per heavy atom. The summed E-state index contributed by atoms with van der Waals surface area (Å²) in [7, 11) is 3.48. The van der Waals surface area contributed by atoms with E-state index in [9.17, 15) is 4.79 Å². The molecule has 8 heteroatoms. The van der Waals surface area contributed by atoms with Crippen molar-refractivity contribution in [3.63, 3.8) is 0 Å². The average Bonchev–Trinajstić information content (AvgIpc) is 2.97. The fourth-order valence-corrected chi connectivity index (χ4v) is 4.20. The van der Waals surface area contributed by atoms with Crippen LogP contribution >= 0.6 is 35.7 Å². The fourth-order valence-electron chi connectivity index (χ4n) is 2.82. The number of amides is 1. The van der Waals surface area contributed by atoms with Crippen molar-refractivity contribution in [3.8, 4) is 0 Å². The van der Waals surface area contributed by atoms with E-state index in [0.717, 1.165) is 31.6 Å². The molecule has 0 saturated carbocycles. The number of nitrogens with zero attached hydrogens (tertiary/aromatic N) is 2. The Hall–Kier alpha value is -0.480. The van der Waals surface area contributed by atoms with Crippen LogP contribution < -0.4 is 10.6 Å². The summed E-state index contributed by atoms with van der Waals surface area (Å²) in [6.45, 7) is 5.26. The normalized spacial score (nSPS) is 26.6. The molecule has 1 amide bonds. The number of hydrogen-bond donors (Lipinski definition) is 2. The number of guanidine groups is 1. The maximum atomic E-state index is 11.7. The summed E-state index contributed by atoms with van der Waals surface area (Å²) in [5, 5.41) is 6.66. The van der Waals surface area contributed by atoms with Crippen molar-refractivity contribution in [1.82, 2.24) is 15.5 Å². The summed E-state index contributed by atoms with van der Waals surface area (Å²) < 4.78 is 6.05. The molecule has 0 bridgehead atoms. The highest BCUT2D eigenvalue weighted by molar-refractivity contribution is 14.0. The molecule has 1 spiro atoms. The molecule has 2 atom stereocenters. The second-order valence-corrected chi connectivity index (χ2v) is 7.40. The van der Waals surface area contributed by atoms with Gasteiger partial charge in [0.2, 0.25) is 5.91 Å². The minimum Gasteiger partial charge on any atom is -0.374 e. The topological polar surface area (TPSA) is 66.0 Å². The second kappa shape index (κ2) is 10.5. The summed E-state index contributed by atoms with van der Waals surface area (Å²) in [6, 6.07) is 0.327. The maximum Gasteiger partial charge on any atom is 0.243 e. The van der Waals surface area contributed by atoms with Gasteiger partial charge in [0.25, 0.3) is 0 Å². The molecule has 2 aliphatic heterocycles. The molecule has 2 rings (SSSR count). The van der Waals surface area contributed by atoms with Crippen molar-refractivity contribution < 1.29 is 9.53 Å². The fraction of sp³-hybridized carbons (Fsp3) is 0.750. The highest BCUT2D eigenvalue weighted by Crippen LogP contribution is 2.38. The Balaban J connectivity index is 0.00000288. The van der Waals surface area contributed by atoms with Crippen LogP contribution in [0, 0.1) is 0 Å². The van der Waals surface area contributed by atoms with Gasteiger partial charge in [-0.3, -0.25) is 4.79 Å². The van der Waals surface area contributed by atoms with Gasteiger partial charge < -0.3 is 20.3 Å². The van der Waals surface area contributed by atoms with Crippen molar-refractivity contribution in [2.45, 2.75) is 30.9 Å². The van der Waals surface area contributed by atoms with Crippen molar-refractivity contribution in [2.24, 2.45) is 4.99 Å². The Labute approximate surface area is 166 Å². The average molecular weight is 468 g/mol. The molecular formula is C16H29IN4O2S. The number of hydrogen-bond acceptors (Lipinski definition) is 4. The van der Waals surface area contributed by atoms with Crippen molar-refractivity contribution in [3.05, 3.63) is 12.7 Å². The van der Waals surface area contributed by atoms with E-state index in [4.69, 9.17) is 4.74 Å². The van der Waals surface area contributed by atoms with Gasteiger partial charge >= 0.3 is 0 Å². The van der Waals surface area contributed by atoms with E-state index in [-0.39, 0.29) is 42.0 Å². The van der Waals surface area contributed by atoms with Gasteiger partial charge in [0.05, 0.1) is 5.60 Å². The van der Waals surface area contributed by atoms with Crippen LogP contribution in [-0.4, -0.2) is 73.7 Å². The first-order valence-electron chi connectivity index (χ1n) is 8.12. The minimum absolute atomic E-state index is 0. The van der Waals surface area contributed by atoms with E-state index < -0.39 is 0 Å². The first-order valence-corrected chi connectivity index (χ1v) is 9.28. The van der Waals surface area contributed by atoms with Gasteiger partial charge in [-0.25, -0.2) is 4.99 Å². The summed E-state index contributed by atoms with van der Waals surface area (Å²) in [4.78, 5) is 17.7. The third-order valence-corrected chi connectivity index (χ3v) is 5.41. The van der Waals surface area contributed by atoms with Crippen LogP contribution in [0.5, 0.6) is 0 Å². The molecule has 0 aliphatic carbocycles. The SMILES string of the molecule is C=CCNC(=NCC(=O)N(C)C)NC1CCOC2(CCSC2)C1.I. The van der Waals surface area contributed by atoms with Gasteiger partial charge in [-0.15, -0.1) is 30.6 Å². The van der Waals surface area contributed by atoms with Gasteiger partial charge in [0.1, 0.15) is 6.54 Å². The number of halogens is 1.